The molecule has 11 heavy (non-hydrogen) atoms. The van der Waals surface area contributed by atoms with Gasteiger partial charge in [0, 0.05) is 0 Å². The van der Waals surface area contributed by atoms with Gasteiger partial charge in [0.2, 0.25) is 6.34 Å². The predicted molar refractivity (Wildman–Crippen MR) is 43.7 cm³/mol. The quantitative estimate of drug-likeness (QED) is 0.457. The van der Waals surface area contributed by atoms with Crippen molar-refractivity contribution in [2.24, 2.45) is 5.41 Å². The van der Waals surface area contributed by atoms with E-state index in [0.717, 1.165) is 6.54 Å². The van der Waals surface area contributed by atoms with Gasteiger partial charge in [0.25, 0.3) is 0 Å². The van der Waals surface area contributed by atoms with Crippen molar-refractivity contribution in [3.8, 4) is 0 Å². The number of hydrogen-bond acceptors (Lipinski definition) is 1. The molecule has 1 aliphatic rings. The van der Waals surface area contributed by atoms with Crippen LogP contribution in [0.1, 0.15) is 13.8 Å². The van der Waals surface area contributed by atoms with Crippen LogP contribution in [-0.4, -0.2) is 42.4 Å². The van der Waals surface area contributed by atoms with E-state index in [0.29, 0.717) is 0 Å². The van der Waals surface area contributed by atoms with Gasteiger partial charge in [-0.1, -0.05) is 0 Å². The lowest BCUT2D eigenvalue weighted by atomic mass is 9.90. The number of carbonyl (C=O) groups excluding carboxylic acids is 1. The monoisotopic (exact) mass is 155 g/mol. The summed E-state index contributed by atoms with van der Waals surface area (Å²) >= 11 is 0. The predicted octanol–water partition coefficient (Wildman–Crippen LogP) is 0.155. The van der Waals surface area contributed by atoms with Crippen molar-refractivity contribution < 1.29 is 9.37 Å². The van der Waals surface area contributed by atoms with Crippen LogP contribution >= 0.6 is 0 Å². The molecule has 0 bridgehead atoms. The minimum absolute atomic E-state index is 0.190. The highest BCUT2D eigenvalue weighted by molar-refractivity contribution is 5.91. The molecule has 0 spiro atoms. The second-order valence-corrected chi connectivity index (χ2v) is 3.83. The fraction of sp³-hybridized carbons (Fsp3) is 0.750. The second-order valence-electron chi connectivity index (χ2n) is 3.83. The largest absolute Gasteiger partial charge is 0.318 e. The zero-order chi connectivity index (χ0) is 8.65. The summed E-state index contributed by atoms with van der Waals surface area (Å²) in [5.41, 5.74) is -0.238. The van der Waals surface area contributed by atoms with E-state index in [4.69, 9.17) is 0 Å². The first kappa shape index (κ1) is 8.24. The van der Waals surface area contributed by atoms with E-state index < -0.39 is 0 Å². The second kappa shape index (κ2) is 2.32. The first-order valence-corrected chi connectivity index (χ1v) is 3.76. The van der Waals surface area contributed by atoms with Gasteiger partial charge in [-0.2, -0.15) is 0 Å². The highest BCUT2D eigenvalue weighted by Gasteiger charge is 2.39. The lowest BCUT2D eigenvalue weighted by molar-refractivity contribution is -0.513. The summed E-state index contributed by atoms with van der Waals surface area (Å²) < 4.78 is 2.03. The van der Waals surface area contributed by atoms with Crippen LogP contribution in [0.4, 0.5) is 0 Å². The Morgan fingerprint density at radius 1 is 1.64 bits per heavy atom. The SMILES string of the molecule is CN1C=[N+](C)CC(C)(C)C1=O. The van der Waals surface area contributed by atoms with Crippen LogP contribution in [0.2, 0.25) is 0 Å². The Labute approximate surface area is 67.3 Å². The molecule has 1 aliphatic heterocycles. The molecule has 0 fully saturated rings. The summed E-state index contributed by atoms with van der Waals surface area (Å²) in [6, 6.07) is 0. The molecule has 0 aliphatic carbocycles. The number of carbonyl (C=O) groups is 1. The van der Waals surface area contributed by atoms with Crippen LogP contribution in [0.25, 0.3) is 0 Å². The van der Waals surface area contributed by atoms with Crippen molar-refractivity contribution in [3.05, 3.63) is 0 Å². The van der Waals surface area contributed by atoms with Crippen molar-refractivity contribution >= 4 is 12.2 Å². The molecule has 0 aromatic heterocycles. The van der Waals surface area contributed by atoms with Gasteiger partial charge in [0.1, 0.15) is 12.0 Å². The van der Waals surface area contributed by atoms with Crippen LogP contribution in [0.5, 0.6) is 0 Å². The molecule has 0 N–H and O–H groups in total. The molecule has 0 aromatic rings. The summed E-state index contributed by atoms with van der Waals surface area (Å²) in [6.07, 6.45) is 1.83. The average molecular weight is 155 g/mol. The van der Waals surface area contributed by atoms with Gasteiger partial charge in [-0.25, -0.2) is 9.69 Å². The number of amides is 1. The number of nitrogens with zero attached hydrogens (tertiary/aromatic N) is 2. The van der Waals surface area contributed by atoms with Crippen LogP contribution in [-0.2, 0) is 4.79 Å². The summed E-state index contributed by atoms with van der Waals surface area (Å²) in [4.78, 5) is 13.1. The standard InChI is InChI=1S/C8H15N2O/c1-8(2)5-9(3)6-10(4)7(8)11/h6H,5H2,1-4H3/q+1. The molecule has 62 valence electrons. The van der Waals surface area contributed by atoms with E-state index in [1.54, 1.807) is 11.9 Å². The number of hydrogen-bond donors (Lipinski definition) is 0. The Kier molecular flexibility index (Phi) is 1.74. The van der Waals surface area contributed by atoms with Gasteiger partial charge in [-0.05, 0) is 13.8 Å². The third kappa shape index (κ3) is 1.42. The Morgan fingerprint density at radius 3 is 2.64 bits per heavy atom. The van der Waals surface area contributed by atoms with Gasteiger partial charge < -0.3 is 0 Å². The van der Waals surface area contributed by atoms with E-state index >= 15 is 0 Å². The lowest BCUT2D eigenvalue weighted by Gasteiger charge is -2.26. The molecule has 1 amide bonds. The van der Waals surface area contributed by atoms with Gasteiger partial charge in [-0.3, -0.25) is 4.58 Å². The van der Waals surface area contributed by atoms with Gasteiger partial charge in [0.05, 0.1) is 14.1 Å². The minimum Gasteiger partial charge on any atom is -0.269 e. The molecule has 0 saturated heterocycles. The van der Waals surface area contributed by atoms with E-state index in [-0.39, 0.29) is 11.3 Å². The van der Waals surface area contributed by atoms with Crippen molar-refractivity contribution in [1.29, 1.82) is 0 Å². The minimum atomic E-state index is -0.238. The third-order valence-corrected chi connectivity index (χ3v) is 1.91. The van der Waals surface area contributed by atoms with E-state index in [2.05, 4.69) is 0 Å². The molecule has 3 heteroatoms. The molecule has 0 radical (unpaired) electrons. The molecule has 0 atom stereocenters. The van der Waals surface area contributed by atoms with Crippen molar-refractivity contribution in [2.75, 3.05) is 20.6 Å². The molecule has 0 saturated carbocycles. The lowest BCUT2D eigenvalue weighted by Crippen LogP contribution is -2.48. The summed E-state index contributed by atoms with van der Waals surface area (Å²) in [7, 11) is 3.77. The van der Waals surface area contributed by atoms with E-state index in [1.807, 2.05) is 31.8 Å². The van der Waals surface area contributed by atoms with Crippen molar-refractivity contribution in [2.45, 2.75) is 13.8 Å². The highest BCUT2D eigenvalue weighted by Crippen LogP contribution is 2.19. The van der Waals surface area contributed by atoms with Crippen LogP contribution in [0.15, 0.2) is 0 Å². The highest BCUT2D eigenvalue weighted by atomic mass is 16.2. The number of rotatable bonds is 0. The van der Waals surface area contributed by atoms with Crippen LogP contribution in [0, 0.1) is 5.41 Å². The Hall–Kier alpha value is -0.860. The maximum Gasteiger partial charge on any atom is 0.318 e. The summed E-state index contributed by atoms with van der Waals surface area (Å²) in [6.45, 7) is 4.74. The molecule has 3 nitrogen and oxygen atoms in total. The van der Waals surface area contributed by atoms with Gasteiger partial charge in [-0.15, -0.1) is 0 Å². The van der Waals surface area contributed by atoms with E-state index in [9.17, 15) is 4.79 Å². The Balaban J connectivity index is 2.94. The summed E-state index contributed by atoms with van der Waals surface area (Å²) in [5, 5.41) is 0. The topological polar surface area (TPSA) is 23.3 Å². The zero-order valence-corrected chi connectivity index (χ0v) is 7.59. The molecule has 1 heterocycles. The van der Waals surface area contributed by atoms with Gasteiger partial charge >= 0.3 is 5.91 Å². The Morgan fingerprint density at radius 2 is 2.18 bits per heavy atom. The third-order valence-electron chi connectivity index (χ3n) is 1.91. The maximum atomic E-state index is 11.5. The molecular formula is C8H15N2O+. The van der Waals surface area contributed by atoms with Crippen LogP contribution in [0.3, 0.4) is 0 Å². The van der Waals surface area contributed by atoms with Crippen LogP contribution < -0.4 is 0 Å². The van der Waals surface area contributed by atoms with Gasteiger partial charge in [0.15, 0.2) is 0 Å². The molecular weight excluding hydrogens is 140 g/mol. The first-order valence-electron chi connectivity index (χ1n) is 3.76. The van der Waals surface area contributed by atoms with Crippen molar-refractivity contribution in [1.82, 2.24) is 4.90 Å². The molecule has 0 unspecified atom stereocenters. The fourth-order valence-corrected chi connectivity index (χ4v) is 1.56. The van der Waals surface area contributed by atoms with Crippen molar-refractivity contribution in [3.63, 3.8) is 0 Å². The first-order chi connectivity index (χ1) is 4.93. The molecule has 1 rings (SSSR count). The molecule has 0 aromatic carbocycles. The zero-order valence-electron chi connectivity index (χ0n) is 7.59. The maximum absolute atomic E-state index is 11.5. The van der Waals surface area contributed by atoms with E-state index in [1.165, 1.54) is 0 Å². The average Bonchev–Trinajstić information content (AvgIpc) is 1.81. The Bertz CT molecular complexity index is 218. The summed E-state index contributed by atoms with van der Waals surface area (Å²) in [5.74, 6) is 0.190. The smallest absolute Gasteiger partial charge is 0.269 e. The fourth-order valence-electron chi connectivity index (χ4n) is 1.56. The normalized spacial score (nSPS) is 23.5.